The highest BCUT2D eigenvalue weighted by Gasteiger charge is 2.39. The Balaban J connectivity index is 1.70. The number of morpholine rings is 1. The van der Waals surface area contributed by atoms with E-state index < -0.39 is 0 Å². The Morgan fingerprint density at radius 1 is 1.36 bits per heavy atom. The van der Waals surface area contributed by atoms with E-state index in [1.165, 1.54) is 12.8 Å². The summed E-state index contributed by atoms with van der Waals surface area (Å²) < 4.78 is 5.57. The van der Waals surface area contributed by atoms with Crippen LogP contribution in [0.15, 0.2) is 11.6 Å². The fourth-order valence-corrected chi connectivity index (χ4v) is 2.93. The first-order chi connectivity index (χ1) is 6.95. The van der Waals surface area contributed by atoms with Crippen LogP contribution in [0.1, 0.15) is 12.8 Å². The third-order valence-corrected chi connectivity index (χ3v) is 3.90. The minimum absolute atomic E-state index is 0.645. The summed E-state index contributed by atoms with van der Waals surface area (Å²) in [6, 6.07) is 0.645. The summed E-state index contributed by atoms with van der Waals surface area (Å²) >= 11 is 1.87. The van der Waals surface area contributed by atoms with Crippen LogP contribution >= 0.6 is 11.8 Å². The number of hydrogen-bond acceptors (Lipinski definition) is 4. The van der Waals surface area contributed by atoms with Crippen LogP contribution in [0.4, 0.5) is 0 Å². The normalized spacial score (nSPS) is 34.0. The molecule has 3 nitrogen and oxygen atoms in total. The molecule has 1 saturated heterocycles. The number of rotatable bonds is 2. The van der Waals surface area contributed by atoms with Crippen molar-refractivity contribution in [1.29, 1.82) is 0 Å². The van der Waals surface area contributed by atoms with Crippen molar-refractivity contribution in [1.82, 2.24) is 10.0 Å². The van der Waals surface area contributed by atoms with E-state index in [0.717, 1.165) is 31.6 Å². The van der Waals surface area contributed by atoms with E-state index >= 15 is 0 Å². The van der Waals surface area contributed by atoms with E-state index in [1.807, 2.05) is 11.8 Å². The highest BCUT2D eigenvalue weighted by atomic mass is 32.2. The van der Waals surface area contributed by atoms with Gasteiger partial charge in [-0.05, 0) is 24.2 Å². The van der Waals surface area contributed by atoms with Gasteiger partial charge in [0.15, 0.2) is 0 Å². The van der Waals surface area contributed by atoms with Crippen LogP contribution < -0.4 is 0 Å². The van der Waals surface area contributed by atoms with E-state index in [-0.39, 0.29) is 0 Å². The maximum absolute atomic E-state index is 5.57. The molecule has 78 valence electrons. The lowest BCUT2D eigenvalue weighted by Gasteiger charge is -2.41. The van der Waals surface area contributed by atoms with Gasteiger partial charge < -0.3 is 9.75 Å². The predicted molar refractivity (Wildman–Crippen MR) is 57.5 cm³/mol. The van der Waals surface area contributed by atoms with Crippen molar-refractivity contribution in [2.75, 3.05) is 25.6 Å². The third-order valence-electron chi connectivity index (χ3n) is 3.17. The molecule has 4 heteroatoms. The molecule has 2 fully saturated rings. The fraction of sp³-hybridized carbons (Fsp3) is 0.800. The van der Waals surface area contributed by atoms with Gasteiger partial charge in [0.2, 0.25) is 0 Å². The monoisotopic (exact) mass is 212 g/mol. The van der Waals surface area contributed by atoms with Gasteiger partial charge in [-0.1, -0.05) is 0 Å². The predicted octanol–water partition coefficient (Wildman–Crippen LogP) is 1.49. The van der Waals surface area contributed by atoms with Crippen LogP contribution in [-0.4, -0.2) is 41.7 Å². The second-order valence-electron chi connectivity index (χ2n) is 4.16. The highest BCUT2D eigenvalue weighted by Crippen LogP contribution is 2.37. The van der Waals surface area contributed by atoms with Gasteiger partial charge in [0.25, 0.3) is 0 Å². The topological polar surface area (TPSA) is 15.7 Å². The zero-order valence-electron chi connectivity index (χ0n) is 8.26. The minimum atomic E-state index is 0.645. The molecule has 2 heterocycles. The lowest BCUT2D eigenvalue weighted by molar-refractivity contribution is -0.102. The van der Waals surface area contributed by atoms with E-state index in [2.05, 4.69) is 21.6 Å². The van der Waals surface area contributed by atoms with Crippen LogP contribution in [-0.2, 0) is 4.74 Å². The molecule has 3 aliphatic rings. The second kappa shape index (κ2) is 3.76. The van der Waals surface area contributed by atoms with E-state index in [0.29, 0.717) is 6.04 Å². The molecule has 1 aliphatic carbocycles. The van der Waals surface area contributed by atoms with Crippen LogP contribution in [0.5, 0.6) is 0 Å². The van der Waals surface area contributed by atoms with E-state index in [9.17, 15) is 0 Å². The van der Waals surface area contributed by atoms with Crippen molar-refractivity contribution in [3.05, 3.63) is 11.6 Å². The second-order valence-corrected chi connectivity index (χ2v) is 5.03. The van der Waals surface area contributed by atoms with Crippen LogP contribution in [0.25, 0.3) is 0 Å². The zero-order chi connectivity index (χ0) is 9.38. The van der Waals surface area contributed by atoms with Gasteiger partial charge in [-0.15, -0.1) is 11.8 Å². The first-order valence-electron chi connectivity index (χ1n) is 5.34. The maximum atomic E-state index is 5.57. The minimum Gasteiger partial charge on any atom is -0.378 e. The van der Waals surface area contributed by atoms with Crippen LogP contribution in [0.2, 0.25) is 0 Å². The van der Waals surface area contributed by atoms with Crippen molar-refractivity contribution in [2.24, 2.45) is 5.92 Å². The maximum Gasteiger partial charge on any atom is 0.0835 e. The number of nitrogens with zero attached hydrogens (tertiary/aromatic N) is 2. The zero-order valence-corrected chi connectivity index (χ0v) is 9.08. The molecule has 1 unspecified atom stereocenters. The van der Waals surface area contributed by atoms with Gasteiger partial charge in [-0.2, -0.15) is 0 Å². The van der Waals surface area contributed by atoms with Gasteiger partial charge >= 0.3 is 0 Å². The molecule has 1 atom stereocenters. The summed E-state index contributed by atoms with van der Waals surface area (Å²) in [5.41, 5.74) is 0. The molecule has 0 amide bonds. The first-order valence-corrected chi connectivity index (χ1v) is 6.39. The summed E-state index contributed by atoms with van der Waals surface area (Å²) in [5, 5.41) is 7.05. The van der Waals surface area contributed by atoms with Crippen molar-refractivity contribution in [2.45, 2.75) is 18.9 Å². The fourth-order valence-electron chi connectivity index (χ4n) is 2.23. The molecule has 2 aliphatic heterocycles. The lowest BCUT2D eigenvalue weighted by atomic mass is 10.1. The Hall–Kier alpha value is -0.190. The number of hydrazine groups is 1. The van der Waals surface area contributed by atoms with Crippen molar-refractivity contribution in [3.8, 4) is 0 Å². The average molecular weight is 212 g/mol. The van der Waals surface area contributed by atoms with Gasteiger partial charge in [0, 0.05) is 12.7 Å². The molecule has 0 aromatic rings. The summed E-state index contributed by atoms with van der Waals surface area (Å²) in [5.74, 6) is 1.98. The lowest BCUT2D eigenvalue weighted by Crippen LogP contribution is -2.53. The Kier molecular flexibility index (Phi) is 2.43. The quantitative estimate of drug-likeness (QED) is 0.689. The van der Waals surface area contributed by atoms with Crippen molar-refractivity contribution >= 4 is 11.8 Å². The molecule has 0 spiro atoms. The summed E-state index contributed by atoms with van der Waals surface area (Å²) in [4.78, 5) is 0. The molecule has 0 bridgehead atoms. The van der Waals surface area contributed by atoms with E-state index in [1.54, 1.807) is 0 Å². The Morgan fingerprint density at radius 2 is 2.29 bits per heavy atom. The molecular weight excluding hydrogens is 196 g/mol. The molecule has 0 N–H and O–H groups in total. The Labute approximate surface area is 89.0 Å². The molecule has 14 heavy (non-hydrogen) atoms. The van der Waals surface area contributed by atoms with Gasteiger partial charge in [0.05, 0.1) is 25.1 Å². The smallest absolute Gasteiger partial charge is 0.0835 e. The number of hydrogen-bond donors (Lipinski definition) is 0. The van der Waals surface area contributed by atoms with Gasteiger partial charge in [0.1, 0.15) is 0 Å². The SMILES string of the molecule is C1=CN(N2CCOCC2C2CC2)CS1. The summed E-state index contributed by atoms with van der Waals surface area (Å²) in [6.07, 6.45) is 5.00. The first kappa shape index (κ1) is 9.07. The average Bonchev–Trinajstić information content (AvgIpc) is 2.94. The molecular formula is C10H16N2OS. The molecule has 0 aromatic carbocycles. The molecule has 1 saturated carbocycles. The van der Waals surface area contributed by atoms with Crippen molar-refractivity contribution < 1.29 is 4.74 Å². The number of ether oxygens (including phenoxy) is 1. The van der Waals surface area contributed by atoms with Gasteiger partial charge in [-0.3, -0.25) is 0 Å². The van der Waals surface area contributed by atoms with Crippen molar-refractivity contribution in [3.63, 3.8) is 0 Å². The molecule has 3 rings (SSSR count). The molecule has 0 radical (unpaired) electrons. The van der Waals surface area contributed by atoms with E-state index in [4.69, 9.17) is 4.74 Å². The highest BCUT2D eigenvalue weighted by molar-refractivity contribution is 8.02. The van der Waals surface area contributed by atoms with Gasteiger partial charge in [-0.25, -0.2) is 5.01 Å². The largest absolute Gasteiger partial charge is 0.378 e. The summed E-state index contributed by atoms with van der Waals surface area (Å²) in [6.45, 7) is 2.88. The standard InChI is InChI=1S/C10H16N2OS/c1-2-9(1)10-7-13-5-3-12(10)11-4-6-14-8-11/h4,6,9-10H,1-3,5,7-8H2. The molecule has 0 aromatic heterocycles. The van der Waals surface area contributed by atoms with Crippen LogP contribution in [0, 0.1) is 5.92 Å². The Morgan fingerprint density at radius 3 is 3.00 bits per heavy atom. The van der Waals surface area contributed by atoms with Crippen LogP contribution in [0.3, 0.4) is 0 Å². The number of thioether (sulfide) groups is 1. The summed E-state index contributed by atoms with van der Waals surface area (Å²) in [7, 11) is 0. The Bertz CT molecular complexity index is 242. The third kappa shape index (κ3) is 1.66.